The van der Waals surface area contributed by atoms with Crippen molar-refractivity contribution >= 4 is 11.8 Å². The number of thioether (sulfide) groups is 1. The quantitative estimate of drug-likeness (QED) is 0.701. The molecule has 1 aromatic carbocycles. The molecule has 2 heteroatoms. The molecule has 0 spiro atoms. The highest BCUT2D eigenvalue weighted by atomic mass is 32.2. The van der Waals surface area contributed by atoms with E-state index in [0.29, 0.717) is 5.25 Å². The van der Waals surface area contributed by atoms with Crippen LogP contribution in [-0.2, 0) is 0 Å². The average molecular weight is 205 g/mol. The molecule has 0 N–H and O–H groups in total. The minimum absolute atomic E-state index is 0.573. The first kappa shape index (κ1) is 11.1. The van der Waals surface area contributed by atoms with Crippen LogP contribution in [0.5, 0.6) is 0 Å². The summed E-state index contributed by atoms with van der Waals surface area (Å²) in [6.07, 6.45) is 1.13. The van der Waals surface area contributed by atoms with Crippen LogP contribution in [0.15, 0.2) is 23.1 Å². The normalized spacial score (nSPS) is 12.1. The Morgan fingerprint density at radius 3 is 2.79 bits per heavy atom. The zero-order valence-corrected chi connectivity index (χ0v) is 9.69. The maximum Gasteiger partial charge on any atom is 0.100 e. The van der Waals surface area contributed by atoms with Gasteiger partial charge in [-0.1, -0.05) is 19.9 Å². The molecule has 1 unspecified atom stereocenters. The lowest BCUT2D eigenvalue weighted by atomic mass is 10.2. The molecule has 1 rings (SSSR count). The molecular weight excluding hydrogens is 190 g/mol. The molecule has 1 nitrogen and oxygen atoms in total. The number of nitriles is 1. The number of hydrogen-bond acceptors (Lipinski definition) is 2. The molecule has 0 aliphatic rings. The summed E-state index contributed by atoms with van der Waals surface area (Å²) in [6.45, 7) is 6.41. The molecule has 14 heavy (non-hydrogen) atoms. The summed E-state index contributed by atoms with van der Waals surface area (Å²) in [5, 5.41) is 9.50. The fraction of sp³-hybridized carbons (Fsp3) is 0.417. The van der Waals surface area contributed by atoms with Gasteiger partial charge in [0, 0.05) is 10.1 Å². The van der Waals surface area contributed by atoms with E-state index in [-0.39, 0.29) is 0 Å². The van der Waals surface area contributed by atoms with Crippen molar-refractivity contribution in [1.82, 2.24) is 0 Å². The molecule has 0 aromatic heterocycles. The Labute approximate surface area is 90.1 Å². The molecular formula is C12H15NS. The van der Waals surface area contributed by atoms with Crippen LogP contribution in [0.25, 0.3) is 0 Å². The topological polar surface area (TPSA) is 23.8 Å². The van der Waals surface area contributed by atoms with Gasteiger partial charge in [-0.2, -0.15) is 5.26 Å². The molecule has 0 aliphatic heterocycles. The monoisotopic (exact) mass is 205 g/mol. The van der Waals surface area contributed by atoms with Gasteiger partial charge in [0.05, 0.1) is 5.56 Å². The largest absolute Gasteiger partial charge is 0.192 e. The fourth-order valence-electron chi connectivity index (χ4n) is 1.12. The summed E-state index contributed by atoms with van der Waals surface area (Å²) in [6, 6.07) is 8.21. The highest BCUT2D eigenvalue weighted by Gasteiger charge is 2.06. The van der Waals surface area contributed by atoms with Crippen LogP contribution in [-0.4, -0.2) is 5.25 Å². The van der Waals surface area contributed by atoms with Crippen LogP contribution in [0.3, 0.4) is 0 Å². The van der Waals surface area contributed by atoms with Gasteiger partial charge in [-0.15, -0.1) is 11.8 Å². The van der Waals surface area contributed by atoms with Gasteiger partial charge in [-0.05, 0) is 31.0 Å². The highest BCUT2D eigenvalue weighted by Crippen LogP contribution is 2.28. The van der Waals surface area contributed by atoms with Crippen molar-refractivity contribution in [2.24, 2.45) is 0 Å². The van der Waals surface area contributed by atoms with E-state index in [1.54, 1.807) is 11.8 Å². The van der Waals surface area contributed by atoms with Crippen molar-refractivity contribution in [2.45, 2.75) is 37.3 Å². The van der Waals surface area contributed by atoms with Crippen molar-refractivity contribution < 1.29 is 0 Å². The van der Waals surface area contributed by atoms with E-state index in [0.717, 1.165) is 16.9 Å². The average Bonchev–Trinajstić information content (AvgIpc) is 2.18. The summed E-state index contributed by atoms with van der Waals surface area (Å²) in [5.74, 6) is 0. The summed E-state index contributed by atoms with van der Waals surface area (Å²) >= 11 is 1.79. The van der Waals surface area contributed by atoms with Crippen molar-refractivity contribution in [2.75, 3.05) is 0 Å². The summed E-state index contributed by atoms with van der Waals surface area (Å²) in [4.78, 5) is 1.11. The third kappa shape index (κ3) is 2.78. The number of benzene rings is 1. The lowest BCUT2D eigenvalue weighted by Gasteiger charge is -2.09. The lowest BCUT2D eigenvalue weighted by Crippen LogP contribution is -1.94. The Morgan fingerprint density at radius 1 is 1.50 bits per heavy atom. The maximum absolute atomic E-state index is 8.93. The standard InChI is InChI=1S/C12H15NS/c1-4-10(3)14-12-7-9(2)5-6-11(12)8-13/h5-7,10H,4H2,1-3H3. The molecule has 0 bridgehead atoms. The zero-order chi connectivity index (χ0) is 10.6. The molecule has 0 heterocycles. The van der Waals surface area contributed by atoms with Gasteiger partial charge in [0.25, 0.3) is 0 Å². The van der Waals surface area contributed by atoms with Gasteiger partial charge >= 0.3 is 0 Å². The number of aryl methyl sites for hydroxylation is 1. The van der Waals surface area contributed by atoms with Crippen LogP contribution in [0, 0.1) is 18.3 Å². The van der Waals surface area contributed by atoms with Crippen LogP contribution in [0.4, 0.5) is 0 Å². The van der Waals surface area contributed by atoms with E-state index >= 15 is 0 Å². The second-order valence-electron chi connectivity index (χ2n) is 3.45. The van der Waals surface area contributed by atoms with Gasteiger partial charge in [-0.3, -0.25) is 0 Å². The minimum Gasteiger partial charge on any atom is -0.192 e. The van der Waals surface area contributed by atoms with Crippen LogP contribution >= 0.6 is 11.8 Å². The van der Waals surface area contributed by atoms with Crippen molar-refractivity contribution in [3.63, 3.8) is 0 Å². The molecule has 0 saturated heterocycles. The molecule has 0 amide bonds. The first-order valence-corrected chi connectivity index (χ1v) is 5.72. The van der Waals surface area contributed by atoms with Crippen LogP contribution in [0.1, 0.15) is 31.4 Å². The Balaban J connectivity index is 2.94. The van der Waals surface area contributed by atoms with Gasteiger partial charge < -0.3 is 0 Å². The Morgan fingerprint density at radius 2 is 2.21 bits per heavy atom. The van der Waals surface area contributed by atoms with E-state index < -0.39 is 0 Å². The Bertz CT molecular complexity index is 352. The van der Waals surface area contributed by atoms with Crippen molar-refractivity contribution in [1.29, 1.82) is 5.26 Å². The van der Waals surface area contributed by atoms with Crippen molar-refractivity contribution in [3.8, 4) is 6.07 Å². The lowest BCUT2D eigenvalue weighted by molar-refractivity contribution is 0.905. The molecule has 0 fully saturated rings. The van der Waals surface area contributed by atoms with Crippen molar-refractivity contribution in [3.05, 3.63) is 29.3 Å². The smallest absolute Gasteiger partial charge is 0.100 e. The summed E-state index contributed by atoms with van der Waals surface area (Å²) in [7, 11) is 0. The second-order valence-corrected chi connectivity index (χ2v) is 4.93. The number of nitrogens with zero attached hydrogens (tertiary/aromatic N) is 1. The third-order valence-electron chi connectivity index (χ3n) is 2.16. The second kappa shape index (κ2) is 5.07. The highest BCUT2D eigenvalue weighted by molar-refractivity contribution is 8.00. The molecule has 0 saturated carbocycles. The molecule has 0 aliphatic carbocycles. The van der Waals surface area contributed by atoms with E-state index in [1.165, 1.54) is 5.56 Å². The summed E-state index contributed by atoms with van der Waals surface area (Å²) in [5.41, 5.74) is 2.01. The van der Waals surface area contributed by atoms with Gasteiger partial charge in [0.1, 0.15) is 6.07 Å². The maximum atomic E-state index is 8.93. The third-order valence-corrected chi connectivity index (χ3v) is 3.49. The van der Waals surface area contributed by atoms with E-state index in [9.17, 15) is 0 Å². The van der Waals surface area contributed by atoms with E-state index in [2.05, 4.69) is 32.9 Å². The first-order chi connectivity index (χ1) is 6.67. The van der Waals surface area contributed by atoms with Crippen LogP contribution in [0.2, 0.25) is 0 Å². The first-order valence-electron chi connectivity index (χ1n) is 4.84. The van der Waals surface area contributed by atoms with Gasteiger partial charge in [0.2, 0.25) is 0 Å². The molecule has 74 valence electrons. The zero-order valence-electron chi connectivity index (χ0n) is 8.87. The summed E-state index contributed by atoms with van der Waals surface area (Å²) < 4.78 is 0. The molecule has 1 aromatic rings. The number of hydrogen-bond donors (Lipinski definition) is 0. The molecule has 0 radical (unpaired) electrons. The van der Waals surface area contributed by atoms with Gasteiger partial charge in [-0.25, -0.2) is 0 Å². The minimum atomic E-state index is 0.573. The fourth-order valence-corrected chi connectivity index (χ4v) is 2.21. The van der Waals surface area contributed by atoms with E-state index in [4.69, 9.17) is 5.26 Å². The molecule has 1 atom stereocenters. The Hall–Kier alpha value is -0.940. The van der Waals surface area contributed by atoms with E-state index in [1.807, 2.05) is 12.1 Å². The predicted octanol–water partition coefficient (Wildman–Crippen LogP) is 3.76. The SMILES string of the molecule is CCC(C)Sc1cc(C)ccc1C#N. The van der Waals surface area contributed by atoms with Crippen LogP contribution < -0.4 is 0 Å². The predicted molar refractivity (Wildman–Crippen MR) is 61.5 cm³/mol. The van der Waals surface area contributed by atoms with Gasteiger partial charge in [0.15, 0.2) is 0 Å². The number of rotatable bonds is 3. The Kier molecular flexibility index (Phi) is 4.03.